The third-order valence-corrected chi connectivity index (χ3v) is 5.72. The van der Waals surface area contributed by atoms with Crippen LogP contribution in [0.1, 0.15) is 23.0 Å². The molecule has 10 heteroatoms. The number of nitrogens with zero attached hydrogens (tertiary/aromatic N) is 4. The van der Waals surface area contributed by atoms with E-state index in [1.54, 1.807) is 11.0 Å². The second kappa shape index (κ2) is 9.29. The molecule has 10 nitrogen and oxygen atoms in total. The van der Waals surface area contributed by atoms with E-state index in [1.165, 1.54) is 6.07 Å². The minimum atomic E-state index is -0.726. The van der Waals surface area contributed by atoms with Gasteiger partial charge < -0.3 is 24.1 Å². The number of fused-ring (bicyclic) bond motifs is 1. The van der Waals surface area contributed by atoms with Gasteiger partial charge >= 0.3 is 5.88 Å². The number of nitro groups is 1. The van der Waals surface area contributed by atoms with Gasteiger partial charge in [0.15, 0.2) is 5.76 Å². The molecule has 0 spiro atoms. The zero-order valence-corrected chi connectivity index (χ0v) is 18.5. The largest absolute Gasteiger partial charge is 0.433 e. The van der Waals surface area contributed by atoms with Crippen molar-refractivity contribution in [1.82, 2.24) is 19.7 Å². The van der Waals surface area contributed by atoms with Crippen LogP contribution in [-0.4, -0.2) is 64.3 Å². The number of hydrogen-bond donors (Lipinski definition) is 1. The third-order valence-electron chi connectivity index (χ3n) is 5.72. The van der Waals surface area contributed by atoms with Gasteiger partial charge in [-0.15, -0.1) is 0 Å². The molecule has 0 aliphatic carbocycles. The van der Waals surface area contributed by atoms with Crippen LogP contribution in [0.3, 0.4) is 0 Å². The predicted octanol–water partition coefficient (Wildman–Crippen LogP) is 2.71. The number of nitrogens with one attached hydrogen (secondary N) is 1. The number of rotatable bonds is 6. The maximum absolute atomic E-state index is 13.4. The fourth-order valence-electron chi connectivity index (χ4n) is 3.87. The summed E-state index contributed by atoms with van der Waals surface area (Å²) >= 11 is 0. The van der Waals surface area contributed by atoms with Gasteiger partial charge in [0.05, 0.1) is 6.07 Å². The van der Waals surface area contributed by atoms with Gasteiger partial charge in [-0.1, -0.05) is 18.2 Å². The number of carbonyl (C=O) groups excluding carboxylic acids is 2. The van der Waals surface area contributed by atoms with Crippen molar-refractivity contribution < 1.29 is 18.9 Å². The summed E-state index contributed by atoms with van der Waals surface area (Å²) in [6, 6.07) is 10.2. The average molecular weight is 451 g/mol. The Labute approximate surface area is 190 Å². The summed E-state index contributed by atoms with van der Waals surface area (Å²) in [5.74, 6) is -1.82. The Hall–Kier alpha value is -3.92. The Bertz CT molecular complexity index is 1230. The Kier molecular flexibility index (Phi) is 6.27. The molecule has 2 amide bonds. The molecule has 1 saturated heterocycles. The van der Waals surface area contributed by atoms with Gasteiger partial charge in [-0.2, -0.15) is 0 Å². The van der Waals surface area contributed by atoms with Crippen molar-refractivity contribution in [2.24, 2.45) is 0 Å². The highest BCUT2D eigenvalue weighted by molar-refractivity contribution is 6.06. The second-order valence-corrected chi connectivity index (χ2v) is 7.89. The highest BCUT2D eigenvalue weighted by atomic mass is 16.6. The minimum Gasteiger partial charge on any atom is -0.395 e. The smallest absolute Gasteiger partial charge is 0.395 e. The zero-order valence-electron chi connectivity index (χ0n) is 18.5. The van der Waals surface area contributed by atoms with Gasteiger partial charge in [0, 0.05) is 55.4 Å². The third kappa shape index (κ3) is 4.65. The molecular formula is C23H25N5O5. The van der Waals surface area contributed by atoms with Crippen LogP contribution in [0.4, 0.5) is 5.88 Å². The van der Waals surface area contributed by atoms with Gasteiger partial charge in [0.1, 0.15) is 10.6 Å². The number of amides is 2. The molecule has 0 radical (unpaired) electrons. The lowest BCUT2D eigenvalue weighted by Gasteiger charge is -2.32. The van der Waals surface area contributed by atoms with Gasteiger partial charge in [0.2, 0.25) is 0 Å². The van der Waals surface area contributed by atoms with Crippen LogP contribution in [0.2, 0.25) is 0 Å². The topological polar surface area (TPSA) is 114 Å². The molecule has 1 aromatic carbocycles. The fraction of sp³-hybridized carbons (Fsp3) is 0.304. The Morgan fingerprint density at radius 3 is 2.55 bits per heavy atom. The summed E-state index contributed by atoms with van der Waals surface area (Å²) in [5.41, 5.74) is 1.89. The molecule has 0 atom stereocenters. The van der Waals surface area contributed by atoms with Crippen LogP contribution in [0.15, 0.2) is 52.7 Å². The number of benzene rings is 1. The summed E-state index contributed by atoms with van der Waals surface area (Å²) in [6.07, 6.45) is 3.59. The first-order chi connectivity index (χ1) is 15.9. The number of para-hydroxylation sites is 1. The standard InChI is InChI=1S/C23H25N5O5/c1-3-26-15-16(17-6-4-5-7-19(17)26)14-18(23(30)27-12-10-25(2)11-13-27)24-22(29)20-8-9-21(33-20)28(31)32/h4-9,14-15H,3,10-13H2,1-2H3,(H,24,29)/b18-14-. The van der Waals surface area contributed by atoms with E-state index in [-0.39, 0.29) is 17.4 Å². The van der Waals surface area contributed by atoms with E-state index in [9.17, 15) is 19.7 Å². The summed E-state index contributed by atoms with van der Waals surface area (Å²) in [5, 5.41) is 14.5. The molecular weight excluding hydrogens is 426 g/mol. The molecule has 1 aliphatic rings. The van der Waals surface area contributed by atoms with E-state index in [4.69, 9.17) is 4.42 Å². The first kappa shape index (κ1) is 22.3. The first-order valence-corrected chi connectivity index (χ1v) is 10.7. The summed E-state index contributed by atoms with van der Waals surface area (Å²) in [4.78, 5) is 40.2. The first-order valence-electron chi connectivity index (χ1n) is 10.7. The Balaban J connectivity index is 1.70. The SMILES string of the molecule is CCn1cc(/C=C(\NC(=O)c2ccc([N+](=O)[O-])o2)C(=O)N2CCN(C)CC2)c2ccccc21. The van der Waals surface area contributed by atoms with Crippen LogP contribution in [0.5, 0.6) is 0 Å². The molecule has 4 rings (SSSR count). The zero-order chi connectivity index (χ0) is 23.5. The van der Waals surface area contributed by atoms with Crippen molar-refractivity contribution in [3.63, 3.8) is 0 Å². The number of aromatic nitrogens is 1. The van der Waals surface area contributed by atoms with Crippen molar-refractivity contribution in [2.75, 3.05) is 33.2 Å². The van der Waals surface area contributed by atoms with E-state index in [0.717, 1.165) is 42.2 Å². The van der Waals surface area contributed by atoms with Crippen LogP contribution in [0.25, 0.3) is 17.0 Å². The van der Waals surface area contributed by atoms with Gasteiger partial charge in [-0.3, -0.25) is 19.7 Å². The Morgan fingerprint density at radius 1 is 1.15 bits per heavy atom. The number of likely N-dealkylation sites (N-methyl/N-ethyl adjacent to an activating group) is 1. The molecule has 1 N–H and O–H groups in total. The van der Waals surface area contributed by atoms with Crippen molar-refractivity contribution in [2.45, 2.75) is 13.5 Å². The highest BCUT2D eigenvalue weighted by Gasteiger charge is 2.26. The summed E-state index contributed by atoms with van der Waals surface area (Å²) in [7, 11) is 1.99. The summed E-state index contributed by atoms with van der Waals surface area (Å²) < 4.78 is 7.08. The normalized spacial score (nSPS) is 15.1. The van der Waals surface area contributed by atoms with E-state index in [0.29, 0.717) is 13.1 Å². The van der Waals surface area contributed by atoms with Crippen molar-refractivity contribution in [3.8, 4) is 0 Å². The van der Waals surface area contributed by atoms with Crippen LogP contribution >= 0.6 is 0 Å². The Morgan fingerprint density at radius 2 is 1.88 bits per heavy atom. The van der Waals surface area contributed by atoms with E-state index >= 15 is 0 Å². The molecule has 2 aromatic heterocycles. The lowest BCUT2D eigenvalue weighted by Crippen LogP contribution is -2.49. The van der Waals surface area contributed by atoms with E-state index in [1.807, 2.05) is 44.4 Å². The highest BCUT2D eigenvalue weighted by Crippen LogP contribution is 2.24. The average Bonchev–Trinajstić information content (AvgIpc) is 3.44. The number of furan rings is 1. The predicted molar refractivity (Wildman–Crippen MR) is 122 cm³/mol. The number of hydrogen-bond acceptors (Lipinski definition) is 6. The second-order valence-electron chi connectivity index (χ2n) is 7.89. The minimum absolute atomic E-state index is 0.0858. The van der Waals surface area contributed by atoms with Crippen molar-refractivity contribution >= 4 is 34.7 Å². The van der Waals surface area contributed by atoms with Crippen molar-refractivity contribution in [3.05, 3.63) is 69.7 Å². The molecule has 0 bridgehead atoms. The maximum Gasteiger partial charge on any atom is 0.433 e. The molecule has 33 heavy (non-hydrogen) atoms. The molecule has 3 aromatic rings. The number of carbonyl (C=O) groups is 2. The van der Waals surface area contributed by atoms with Gasteiger partial charge in [-0.05, 0) is 32.2 Å². The quantitative estimate of drug-likeness (QED) is 0.350. The lowest BCUT2D eigenvalue weighted by molar-refractivity contribution is -0.402. The molecule has 1 aliphatic heterocycles. The fourth-order valence-corrected chi connectivity index (χ4v) is 3.87. The van der Waals surface area contributed by atoms with Crippen molar-refractivity contribution in [1.29, 1.82) is 0 Å². The molecule has 172 valence electrons. The molecule has 0 unspecified atom stereocenters. The van der Waals surface area contributed by atoms with Crippen LogP contribution in [0, 0.1) is 10.1 Å². The molecule has 0 saturated carbocycles. The number of piperazine rings is 1. The molecule has 1 fully saturated rings. The van der Waals surface area contributed by atoms with Gasteiger partial charge in [-0.25, -0.2) is 0 Å². The van der Waals surface area contributed by atoms with E-state index in [2.05, 4.69) is 14.8 Å². The summed E-state index contributed by atoms with van der Waals surface area (Å²) in [6.45, 7) is 5.30. The maximum atomic E-state index is 13.4. The number of aryl methyl sites for hydroxylation is 1. The monoisotopic (exact) mass is 451 g/mol. The van der Waals surface area contributed by atoms with Crippen LogP contribution in [-0.2, 0) is 11.3 Å². The lowest BCUT2D eigenvalue weighted by atomic mass is 10.1. The molecule has 3 heterocycles. The van der Waals surface area contributed by atoms with E-state index < -0.39 is 16.7 Å². The van der Waals surface area contributed by atoms with Crippen LogP contribution < -0.4 is 5.32 Å². The van der Waals surface area contributed by atoms with Gasteiger partial charge in [0.25, 0.3) is 11.8 Å².